The summed E-state index contributed by atoms with van der Waals surface area (Å²) in [5.41, 5.74) is 0.0454. The van der Waals surface area contributed by atoms with Gasteiger partial charge in [0.15, 0.2) is 5.76 Å². The van der Waals surface area contributed by atoms with Crippen LogP contribution in [0.25, 0.3) is 11.0 Å². The smallest absolute Gasteiger partial charge is 0.289 e. The van der Waals surface area contributed by atoms with E-state index in [2.05, 4.69) is 5.32 Å². The van der Waals surface area contributed by atoms with Crippen LogP contribution < -0.4 is 5.32 Å². The molecule has 0 unspecified atom stereocenters. The minimum Gasteiger partial charge on any atom is -0.451 e. The van der Waals surface area contributed by atoms with E-state index >= 15 is 0 Å². The second-order valence-electron chi connectivity index (χ2n) is 8.63. The van der Waals surface area contributed by atoms with Crippen molar-refractivity contribution in [3.8, 4) is 0 Å². The lowest BCUT2D eigenvalue weighted by molar-refractivity contribution is -0.191. The van der Waals surface area contributed by atoms with Gasteiger partial charge in [-0.25, -0.2) is 0 Å². The van der Waals surface area contributed by atoms with Crippen LogP contribution in [0.3, 0.4) is 0 Å². The van der Waals surface area contributed by atoms with Crippen molar-refractivity contribution in [2.75, 3.05) is 19.7 Å². The first kappa shape index (κ1) is 19.9. The Morgan fingerprint density at radius 1 is 1.24 bits per heavy atom. The van der Waals surface area contributed by atoms with Crippen molar-refractivity contribution in [2.24, 2.45) is 0 Å². The second kappa shape index (κ2) is 7.15. The molecule has 2 aliphatic rings. The maximum atomic E-state index is 13.1. The van der Waals surface area contributed by atoms with Crippen molar-refractivity contribution in [2.45, 2.75) is 57.3 Å². The van der Waals surface area contributed by atoms with Crippen LogP contribution in [0.4, 0.5) is 0 Å². The van der Waals surface area contributed by atoms with Crippen molar-refractivity contribution in [3.63, 3.8) is 0 Å². The molecule has 4 rings (SSSR count). The number of fused-ring (bicyclic) bond motifs is 1. The summed E-state index contributed by atoms with van der Waals surface area (Å²) in [4.78, 5) is 26.4. The van der Waals surface area contributed by atoms with E-state index in [1.54, 1.807) is 11.8 Å². The van der Waals surface area contributed by atoms with Crippen molar-refractivity contribution < 1.29 is 23.8 Å². The largest absolute Gasteiger partial charge is 0.451 e. The van der Waals surface area contributed by atoms with Crippen molar-refractivity contribution >= 4 is 22.8 Å². The predicted molar refractivity (Wildman–Crippen MR) is 108 cm³/mol. The number of hydrogen-bond donors (Lipinski definition) is 2. The highest BCUT2D eigenvalue weighted by Gasteiger charge is 2.49. The Morgan fingerprint density at radius 2 is 1.93 bits per heavy atom. The number of para-hydroxylation sites is 1. The third kappa shape index (κ3) is 3.65. The molecule has 3 heterocycles. The highest BCUT2D eigenvalue weighted by molar-refractivity contribution is 5.99. The van der Waals surface area contributed by atoms with Gasteiger partial charge in [-0.3, -0.25) is 9.59 Å². The highest BCUT2D eigenvalue weighted by atomic mass is 16.5. The number of likely N-dealkylation sites (tertiary alicyclic amines) is 1. The molecule has 2 aromatic rings. The molecule has 0 bridgehead atoms. The van der Waals surface area contributed by atoms with Crippen molar-refractivity contribution in [3.05, 3.63) is 35.6 Å². The second-order valence-corrected chi connectivity index (χ2v) is 8.63. The number of nitrogens with zero attached hydrogens (tertiary/aromatic N) is 1. The standard InChI is InChI=1S/C22H28N2O5/c1-14-16-6-4-5-7-17(16)29-19(14)20(26)24-10-8-22(9-11-24)12-18(23-15(2)25)21(3,27)13-28-22/h4-7,18,27H,8-13H2,1-3H3,(H,23,25)/t18-,21-/m0/s1. The SMILES string of the molecule is CC(=O)N[C@H]1CC2(CCN(C(=O)c3oc4ccccc4c3C)CC2)OC[C@]1(C)O. The first-order valence-electron chi connectivity index (χ1n) is 10.1. The fourth-order valence-electron chi connectivity index (χ4n) is 4.49. The number of ether oxygens (including phenoxy) is 1. The number of rotatable bonds is 2. The fraction of sp³-hybridized carbons (Fsp3) is 0.545. The minimum atomic E-state index is -1.10. The van der Waals surface area contributed by atoms with Crippen LogP contribution in [0, 0.1) is 6.92 Å². The summed E-state index contributed by atoms with van der Waals surface area (Å²) in [6.07, 6.45) is 1.85. The zero-order chi connectivity index (χ0) is 20.8. The molecule has 29 heavy (non-hydrogen) atoms. The molecular formula is C22H28N2O5. The first-order valence-corrected chi connectivity index (χ1v) is 10.1. The highest BCUT2D eigenvalue weighted by Crippen LogP contribution is 2.39. The molecule has 2 amide bonds. The molecule has 7 nitrogen and oxygen atoms in total. The van der Waals surface area contributed by atoms with Crippen LogP contribution in [0.1, 0.15) is 49.2 Å². The number of aliphatic hydroxyl groups is 1. The summed E-state index contributed by atoms with van der Waals surface area (Å²) in [6.45, 7) is 6.30. The molecule has 0 aliphatic carbocycles. The molecule has 7 heteroatoms. The van der Waals surface area contributed by atoms with Gasteiger partial charge in [0.05, 0.1) is 18.2 Å². The molecule has 156 valence electrons. The van der Waals surface area contributed by atoms with E-state index in [0.29, 0.717) is 38.1 Å². The van der Waals surface area contributed by atoms with E-state index in [9.17, 15) is 14.7 Å². The zero-order valence-corrected chi connectivity index (χ0v) is 17.2. The Hall–Kier alpha value is -2.38. The summed E-state index contributed by atoms with van der Waals surface area (Å²) in [5.74, 6) is 0.126. The number of carbonyl (C=O) groups excluding carboxylic acids is 2. The Labute approximate surface area is 170 Å². The van der Waals surface area contributed by atoms with Gasteiger partial charge in [0.25, 0.3) is 5.91 Å². The quantitative estimate of drug-likeness (QED) is 0.808. The molecule has 2 aliphatic heterocycles. The molecule has 1 aromatic heterocycles. The number of piperidine rings is 1. The lowest BCUT2D eigenvalue weighted by Crippen LogP contribution is -2.63. The molecule has 2 N–H and O–H groups in total. The monoisotopic (exact) mass is 400 g/mol. The summed E-state index contributed by atoms with van der Waals surface area (Å²) < 4.78 is 11.9. The van der Waals surface area contributed by atoms with Gasteiger partial charge in [-0.15, -0.1) is 0 Å². The predicted octanol–water partition coefficient (Wildman–Crippen LogP) is 2.39. The summed E-state index contributed by atoms with van der Waals surface area (Å²) in [5, 5.41) is 14.4. The zero-order valence-electron chi connectivity index (χ0n) is 17.2. The molecule has 0 saturated carbocycles. The third-order valence-corrected chi connectivity index (χ3v) is 6.37. The van der Waals surface area contributed by atoms with E-state index in [1.165, 1.54) is 6.92 Å². The number of benzene rings is 1. The number of nitrogens with one attached hydrogen (secondary N) is 1. The Kier molecular flexibility index (Phi) is 4.91. The van der Waals surface area contributed by atoms with Crippen molar-refractivity contribution in [1.82, 2.24) is 10.2 Å². The maximum Gasteiger partial charge on any atom is 0.289 e. The Bertz CT molecular complexity index is 940. The van der Waals surface area contributed by atoms with Gasteiger partial charge in [0, 0.05) is 31.0 Å². The van der Waals surface area contributed by atoms with Gasteiger partial charge in [-0.05, 0) is 39.2 Å². The normalized spacial score (nSPS) is 26.6. The molecule has 0 radical (unpaired) electrons. The topological polar surface area (TPSA) is 92.0 Å². The molecule has 1 spiro atoms. The van der Waals surface area contributed by atoms with E-state index in [0.717, 1.165) is 16.5 Å². The third-order valence-electron chi connectivity index (χ3n) is 6.37. The number of hydrogen-bond acceptors (Lipinski definition) is 5. The average molecular weight is 400 g/mol. The van der Waals surface area contributed by atoms with Crippen LogP contribution >= 0.6 is 0 Å². The van der Waals surface area contributed by atoms with Crippen molar-refractivity contribution in [1.29, 1.82) is 0 Å². The number of furan rings is 1. The number of carbonyl (C=O) groups is 2. The summed E-state index contributed by atoms with van der Waals surface area (Å²) >= 11 is 0. The fourth-order valence-corrected chi connectivity index (χ4v) is 4.49. The van der Waals surface area contributed by atoms with E-state index < -0.39 is 11.2 Å². The van der Waals surface area contributed by atoms with Gasteiger partial charge in [0.2, 0.25) is 5.91 Å². The molecule has 2 fully saturated rings. The summed E-state index contributed by atoms with van der Waals surface area (Å²) in [6, 6.07) is 7.29. The Balaban J connectivity index is 1.46. The summed E-state index contributed by atoms with van der Waals surface area (Å²) in [7, 11) is 0. The lowest BCUT2D eigenvalue weighted by Gasteiger charge is -2.50. The van der Waals surface area contributed by atoms with Crippen LogP contribution in [-0.2, 0) is 9.53 Å². The Morgan fingerprint density at radius 3 is 2.59 bits per heavy atom. The van der Waals surface area contributed by atoms with E-state index in [-0.39, 0.29) is 24.5 Å². The van der Waals surface area contributed by atoms with Gasteiger partial charge in [-0.1, -0.05) is 18.2 Å². The molecule has 2 saturated heterocycles. The average Bonchev–Trinajstić information content (AvgIpc) is 3.02. The maximum absolute atomic E-state index is 13.1. The number of aryl methyl sites for hydroxylation is 1. The lowest BCUT2D eigenvalue weighted by atomic mass is 9.77. The van der Waals surface area contributed by atoms with Crippen LogP contribution in [0.5, 0.6) is 0 Å². The molecular weight excluding hydrogens is 372 g/mol. The van der Waals surface area contributed by atoms with Gasteiger partial charge < -0.3 is 24.5 Å². The van der Waals surface area contributed by atoms with E-state index in [1.807, 2.05) is 31.2 Å². The minimum absolute atomic E-state index is 0.102. The van der Waals surface area contributed by atoms with E-state index in [4.69, 9.17) is 9.15 Å². The molecule has 1 aromatic carbocycles. The van der Waals surface area contributed by atoms with Crippen LogP contribution in [0.2, 0.25) is 0 Å². The number of amides is 2. The van der Waals surface area contributed by atoms with Gasteiger partial charge in [0.1, 0.15) is 11.2 Å². The first-order chi connectivity index (χ1) is 13.7. The van der Waals surface area contributed by atoms with Crippen LogP contribution in [0.15, 0.2) is 28.7 Å². The van der Waals surface area contributed by atoms with Gasteiger partial charge in [-0.2, -0.15) is 0 Å². The van der Waals surface area contributed by atoms with Crippen LogP contribution in [-0.4, -0.2) is 58.8 Å². The molecule has 2 atom stereocenters. The van der Waals surface area contributed by atoms with Gasteiger partial charge >= 0.3 is 0 Å².